The minimum absolute atomic E-state index is 0.0871. The summed E-state index contributed by atoms with van der Waals surface area (Å²) in [5, 5.41) is 13.7. The van der Waals surface area contributed by atoms with E-state index in [9.17, 15) is 23.6 Å². The van der Waals surface area contributed by atoms with Crippen molar-refractivity contribution in [2.24, 2.45) is 11.8 Å². The Labute approximate surface area is 231 Å². The van der Waals surface area contributed by atoms with Gasteiger partial charge in [-0.1, -0.05) is 27.7 Å². The molecule has 1 aromatic heterocycles. The van der Waals surface area contributed by atoms with Crippen molar-refractivity contribution in [2.75, 3.05) is 12.1 Å². The first kappa shape index (κ1) is 31.8. The van der Waals surface area contributed by atoms with E-state index in [1.54, 1.807) is 20.8 Å². The van der Waals surface area contributed by atoms with E-state index < -0.39 is 60.7 Å². The number of ether oxygens (including phenoxy) is 4. The molecule has 0 aliphatic heterocycles. The van der Waals surface area contributed by atoms with E-state index in [1.165, 1.54) is 37.3 Å². The van der Waals surface area contributed by atoms with Crippen molar-refractivity contribution in [3.63, 3.8) is 0 Å². The number of carbonyl (C=O) groups is 4. The molecule has 2 amide bonds. The van der Waals surface area contributed by atoms with Gasteiger partial charge in [0, 0.05) is 6.20 Å². The SMILES string of the molecule is CC(C)C(=O)OCOc1c(NC(=O)O)ccnc1C(=O)NC(C)C(=O)OC(C)C(Oc1ccc(F)cc1)C(C)C. The molecule has 0 spiro atoms. The standard InChI is InChI=1S/C27H34FN3O9/c1-14(2)22(40-19-9-7-18(28)8-10-19)17(6)39-26(34)16(5)30-24(32)21-23(37-13-38-25(33)15(3)4)20(11-12-29-21)31-27(35)36/h7-12,14-17,22H,13H2,1-6H3,(H,29,31)(H,30,32)(H,35,36). The third-order valence-corrected chi connectivity index (χ3v) is 5.45. The summed E-state index contributed by atoms with van der Waals surface area (Å²) in [7, 11) is 0. The molecule has 1 aromatic carbocycles. The molecule has 1 heterocycles. The maximum absolute atomic E-state index is 13.2. The number of rotatable bonds is 13. The number of aromatic nitrogens is 1. The number of amides is 2. The Kier molecular flexibility index (Phi) is 11.7. The van der Waals surface area contributed by atoms with Crippen LogP contribution >= 0.6 is 0 Å². The predicted octanol–water partition coefficient (Wildman–Crippen LogP) is 4.00. The third-order valence-electron chi connectivity index (χ3n) is 5.45. The van der Waals surface area contributed by atoms with Gasteiger partial charge in [-0.2, -0.15) is 0 Å². The Morgan fingerprint density at radius 2 is 1.62 bits per heavy atom. The van der Waals surface area contributed by atoms with E-state index in [0.29, 0.717) is 5.75 Å². The largest absolute Gasteiger partial charge is 0.486 e. The van der Waals surface area contributed by atoms with Crippen molar-refractivity contribution < 1.29 is 47.6 Å². The third kappa shape index (κ3) is 9.40. The first-order valence-electron chi connectivity index (χ1n) is 12.5. The van der Waals surface area contributed by atoms with E-state index in [1.807, 2.05) is 13.8 Å². The fourth-order valence-corrected chi connectivity index (χ4v) is 3.40. The maximum Gasteiger partial charge on any atom is 0.409 e. The first-order chi connectivity index (χ1) is 18.8. The molecule has 0 saturated carbocycles. The molecular formula is C27H34FN3O9. The second-order valence-corrected chi connectivity index (χ2v) is 9.46. The summed E-state index contributed by atoms with van der Waals surface area (Å²) in [5.41, 5.74) is -0.492. The van der Waals surface area contributed by atoms with E-state index in [0.717, 1.165) is 6.20 Å². The number of pyridine rings is 1. The van der Waals surface area contributed by atoms with E-state index >= 15 is 0 Å². The zero-order chi connectivity index (χ0) is 30.0. The quantitative estimate of drug-likeness (QED) is 0.240. The minimum atomic E-state index is -1.44. The molecule has 0 radical (unpaired) electrons. The van der Waals surface area contributed by atoms with Gasteiger partial charge >= 0.3 is 18.0 Å². The molecule has 0 aliphatic carbocycles. The minimum Gasteiger partial charge on any atom is -0.486 e. The van der Waals surface area contributed by atoms with Gasteiger partial charge in [0.15, 0.2) is 11.4 Å². The van der Waals surface area contributed by atoms with Gasteiger partial charge in [0.1, 0.15) is 29.8 Å². The smallest absolute Gasteiger partial charge is 0.409 e. The van der Waals surface area contributed by atoms with Crippen molar-refractivity contribution in [1.29, 1.82) is 0 Å². The second kappa shape index (κ2) is 14.7. The summed E-state index contributed by atoms with van der Waals surface area (Å²) in [6.45, 7) is 9.37. The van der Waals surface area contributed by atoms with Crippen LogP contribution < -0.4 is 20.1 Å². The van der Waals surface area contributed by atoms with Crippen LogP contribution in [0, 0.1) is 17.7 Å². The maximum atomic E-state index is 13.2. The number of hydrogen-bond acceptors (Lipinski definition) is 9. The lowest BCUT2D eigenvalue weighted by molar-refractivity contribution is -0.156. The van der Waals surface area contributed by atoms with Gasteiger partial charge in [0.05, 0.1) is 11.6 Å². The van der Waals surface area contributed by atoms with Gasteiger partial charge in [-0.05, 0) is 50.1 Å². The van der Waals surface area contributed by atoms with Crippen molar-refractivity contribution >= 4 is 29.6 Å². The van der Waals surface area contributed by atoms with Crippen LogP contribution in [0.5, 0.6) is 11.5 Å². The molecule has 0 saturated heterocycles. The van der Waals surface area contributed by atoms with Gasteiger partial charge in [0.25, 0.3) is 5.91 Å². The molecule has 40 heavy (non-hydrogen) atoms. The van der Waals surface area contributed by atoms with Crippen LogP contribution in [0.15, 0.2) is 36.5 Å². The van der Waals surface area contributed by atoms with Crippen molar-refractivity contribution in [3.8, 4) is 11.5 Å². The van der Waals surface area contributed by atoms with Gasteiger partial charge in [-0.15, -0.1) is 0 Å². The van der Waals surface area contributed by atoms with Gasteiger partial charge in [0.2, 0.25) is 6.79 Å². The zero-order valence-corrected chi connectivity index (χ0v) is 23.1. The van der Waals surface area contributed by atoms with E-state index in [2.05, 4.69) is 15.6 Å². The highest BCUT2D eigenvalue weighted by atomic mass is 19.1. The van der Waals surface area contributed by atoms with Crippen LogP contribution in [-0.4, -0.2) is 59.1 Å². The van der Waals surface area contributed by atoms with Crippen molar-refractivity contribution in [1.82, 2.24) is 10.3 Å². The summed E-state index contributed by atoms with van der Waals surface area (Å²) >= 11 is 0. The van der Waals surface area contributed by atoms with Crippen LogP contribution in [0.3, 0.4) is 0 Å². The lowest BCUT2D eigenvalue weighted by atomic mass is 10.0. The molecule has 218 valence electrons. The van der Waals surface area contributed by atoms with E-state index in [-0.39, 0.29) is 23.0 Å². The molecule has 3 N–H and O–H groups in total. The Morgan fingerprint density at radius 3 is 2.20 bits per heavy atom. The molecule has 2 rings (SSSR count). The van der Waals surface area contributed by atoms with Gasteiger partial charge in [-0.25, -0.2) is 19.0 Å². The summed E-state index contributed by atoms with van der Waals surface area (Å²) in [4.78, 5) is 52.7. The highest BCUT2D eigenvalue weighted by Gasteiger charge is 2.30. The van der Waals surface area contributed by atoms with Crippen LogP contribution in [-0.2, 0) is 19.1 Å². The highest BCUT2D eigenvalue weighted by molar-refractivity contribution is 6.00. The molecular weight excluding hydrogens is 529 g/mol. The van der Waals surface area contributed by atoms with Gasteiger partial charge < -0.3 is 29.4 Å². The Bertz CT molecular complexity index is 1190. The molecule has 0 aliphatic rings. The number of carboxylic acid groups (broad SMARTS) is 1. The molecule has 3 atom stereocenters. The topological polar surface area (TPSA) is 162 Å². The fraction of sp³-hybridized carbons (Fsp3) is 0.444. The zero-order valence-electron chi connectivity index (χ0n) is 23.1. The Morgan fingerprint density at radius 1 is 0.975 bits per heavy atom. The summed E-state index contributed by atoms with van der Waals surface area (Å²) < 4.78 is 35.0. The summed E-state index contributed by atoms with van der Waals surface area (Å²) in [6, 6.07) is 5.53. The average Bonchev–Trinajstić information content (AvgIpc) is 2.88. The number of nitrogens with zero attached hydrogens (tertiary/aromatic N) is 1. The molecule has 0 fully saturated rings. The number of benzene rings is 1. The number of nitrogens with one attached hydrogen (secondary N) is 2. The van der Waals surface area contributed by atoms with Crippen molar-refractivity contribution in [2.45, 2.75) is 59.8 Å². The fourth-order valence-electron chi connectivity index (χ4n) is 3.40. The number of esters is 2. The molecule has 12 nitrogen and oxygen atoms in total. The lowest BCUT2D eigenvalue weighted by Gasteiger charge is -2.29. The predicted molar refractivity (Wildman–Crippen MR) is 140 cm³/mol. The summed E-state index contributed by atoms with van der Waals surface area (Å²) in [6.07, 6.45) is -1.59. The van der Waals surface area contributed by atoms with Crippen LogP contribution in [0.2, 0.25) is 0 Å². The number of anilines is 1. The molecule has 2 aromatic rings. The number of hydrogen-bond donors (Lipinski definition) is 3. The van der Waals surface area contributed by atoms with Crippen LogP contribution in [0.1, 0.15) is 52.0 Å². The summed E-state index contributed by atoms with van der Waals surface area (Å²) in [5.74, 6) is -3.07. The van der Waals surface area contributed by atoms with Gasteiger partial charge in [-0.3, -0.25) is 14.9 Å². The second-order valence-electron chi connectivity index (χ2n) is 9.46. The van der Waals surface area contributed by atoms with Crippen LogP contribution in [0.4, 0.5) is 14.9 Å². The Balaban J connectivity index is 2.12. The highest BCUT2D eigenvalue weighted by Crippen LogP contribution is 2.28. The first-order valence-corrected chi connectivity index (χ1v) is 12.5. The van der Waals surface area contributed by atoms with Crippen LogP contribution in [0.25, 0.3) is 0 Å². The average molecular weight is 564 g/mol. The normalized spacial score (nSPS) is 13.1. The molecule has 0 bridgehead atoms. The molecule has 3 unspecified atom stereocenters. The number of carbonyl (C=O) groups excluding carboxylic acids is 3. The molecule has 13 heteroatoms. The number of halogens is 1. The Hall–Kier alpha value is -4.42. The van der Waals surface area contributed by atoms with E-state index in [4.69, 9.17) is 24.1 Å². The monoisotopic (exact) mass is 563 g/mol. The van der Waals surface area contributed by atoms with Crippen molar-refractivity contribution in [3.05, 3.63) is 48.0 Å². The lowest BCUT2D eigenvalue weighted by Crippen LogP contribution is -2.44.